The molecule has 0 saturated heterocycles. The molecule has 0 unspecified atom stereocenters. The molecule has 4 aromatic rings. The van der Waals surface area contributed by atoms with E-state index in [0.717, 1.165) is 16.7 Å². The predicted octanol–water partition coefficient (Wildman–Crippen LogP) is 6.04. The molecule has 3 aromatic carbocycles. The van der Waals surface area contributed by atoms with Crippen LogP contribution in [0.15, 0.2) is 71.3 Å². The first kappa shape index (κ1) is 23.2. The zero-order chi connectivity index (χ0) is 24.1. The predicted molar refractivity (Wildman–Crippen MR) is 129 cm³/mol. The topological polar surface area (TPSA) is 82.8 Å². The Balaban J connectivity index is 1.36. The van der Waals surface area contributed by atoms with Crippen LogP contribution in [0.4, 0.5) is 0 Å². The fraction of sp³-hybridized carbons (Fsp3) is 0.154. The number of rotatable bonds is 8. The molecule has 0 radical (unpaired) electrons. The molecule has 0 aliphatic rings. The number of carbonyl (C=O) groups is 1. The zero-order valence-corrected chi connectivity index (χ0v) is 19.7. The quantitative estimate of drug-likeness (QED) is 0.332. The lowest BCUT2D eigenvalue weighted by Crippen LogP contribution is -2.22. The lowest BCUT2D eigenvalue weighted by atomic mass is 10.1. The standard InChI is InChI=1S/C26H23ClN2O5/c1-16-12-20(9-10-21(16)27)33-19-7-4-17(5-8-19)15-28-26(30)22-14-24(34-29-22)18-6-11-23(31-2)25(13-18)32-3/h4-14H,15H2,1-3H3,(H,28,30). The van der Waals surface area contributed by atoms with Crippen molar-refractivity contribution >= 4 is 17.5 Å². The van der Waals surface area contributed by atoms with E-state index in [1.807, 2.05) is 43.3 Å². The molecule has 0 fully saturated rings. The molecule has 0 saturated carbocycles. The van der Waals surface area contributed by atoms with Crippen molar-refractivity contribution in [2.24, 2.45) is 0 Å². The molecule has 1 aromatic heterocycles. The van der Waals surface area contributed by atoms with Crippen LogP contribution < -0.4 is 19.5 Å². The van der Waals surface area contributed by atoms with Crippen LogP contribution in [0, 0.1) is 6.92 Å². The van der Waals surface area contributed by atoms with Gasteiger partial charge in [0.25, 0.3) is 5.91 Å². The maximum atomic E-state index is 12.5. The molecule has 7 nitrogen and oxygen atoms in total. The summed E-state index contributed by atoms with van der Waals surface area (Å²) in [5.41, 5.74) is 2.76. The maximum Gasteiger partial charge on any atom is 0.273 e. The van der Waals surface area contributed by atoms with Gasteiger partial charge >= 0.3 is 0 Å². The average Bonchev–Trinajstić information content (AvgIpc) is 3.36. The van der Waals surface area contributed by atoms with Crippen molar-refractivity contribution in [2.75, 3.05) is 14.2 Å². The van der Waals surface area contributed by atoms with E-state index in [1.54, 1.807) is 44.6 Å². The second-order valence-electron chi connectivity index (χ2n) is 7.49. The van der Waals surface area contributed by atoms with Crippen molar-refractivity contribution < 1.29 is 23.5 Å². The third-order valence-electron chi connectivity index (χ3n) is 5.15. The number of carbonyl (C=O) groups excluding carboxylic acids is 1. The van der Waals surface area contributed by atoms with E-state index >= 15 is 0 Å². The minimum atomic E-state index is -0.340. The first-order valence-electron chi connectivity index (χ1n) is 10.5. The van der Waals surface area contributed by atoms with Crippen LogP contribution in [0.5, 0.6) is 23.0 Å². The van der Waals surface area contributed by atoms with Gasteiger partial charge in [0.1, 0.15) is 11.5 Å². The Morgan fingerprint density at radius 2 is 1.68 bits per heavy atom. The zero-order valence-electron chi connectivity index (χ0n) is 18.9. The number of nitrogens with one attached hydrogen (secondary N) is 1. The van der Waals surface area contributed by atoms with Gasteiger partial charge in [0.2, 0.25) is 0 Å². The van der Waals surface area contributed by atoms with Gasteiger partial charge in [-0.15, -0.1) is 0 Å². The van der Waals surface area contributed by atoms with Crippen LogP contribution >= 0.6 is 11.6 Å². The highest BCUT2D eigenvalue weighted by atomic mass is 35.5. The number of aryl methyl sites for hydroxylation is 1. The highest BCUT2D eigenvalue weighted by Crippen LogP contribution is 2.32. The molecular formula is C26H23ClN2O5. The molecule has 0 spiro atoms. The number of ether oxygens (including phenoxy) is 3. The van der Waals surface area contributed by atoms with Crippen LogP contribution in [0.2, 0.25) is 5.02 Å². The number of nitrogens with zero attached hydrogens (tertiary/aromatic N) is 1. The molecule has 1 heterocycles. The van der Waals surface area contributed by atoms with Crippen LogP contribution in [-0.4, -0.2) is 25.3 Å². The molecular weight excluding hydrogens is 456 g/mol. The number of methoxy groups -OCH3 is 2. The van der Waals surface area contributed by atoms with Gasteiger partial charge in [0, 0.05) is 23.2 Å². The van der Waals surface area contributed by atoms with Crippen molar-refractivity contribution in [2.45, 2.75) is 13.5 Å². The number of halogens is 1. The van der Waals surface area contributed by atoms with E-state index in [2.05, 4.69) is 10.5 Å². The third kappa shape index (κ3) is 5.32. The summed E-state index contributed by atoms with van der Waals surface area (Å²) in [6, 6.07) is 19.9. The Kier molecular flexibility index (Phi) is 7.04. The Labute approximate surface area is 202 Å². The van der Waals surface area contributed by atoms with Crippen molar-refractivity contribution in [1.82, 2.24) is 10.5 Å². The molecule has 0 aliphatic carbocycles. The van der Waals surface area contributed by atoms with Gasteiger partial charge in [-0.05, 0) is 66.6 Å². The van der Waals surface area contributed by atoms with E-state index in [0.29, 0.717) is 40.3 Å². The van der Waals surface area contributed by atoms with Crippen LogP contribution in [0.3, 0.4) is 0 Å². The van der Waals surface area contributed by atoms with Gasteiger partial charge < -0.3 is 24.1 Å². The Morgan fingerprint density at radius 1 is 0.941 bits per heavy atom. The minimum absolute atomic E-state index is 0.183. The van der Waals surface area contributed by atoms with E-state index in [4.69, 9.17) is 30.3 Å². The van der Waals surface area contributed by atoms with E-state index < -0.39 is 0 Å². The smallest absolute Gasteiger partial charge is 0.273 e. The monoisotopic (exact) mass is 478 g/mol. The summed E-state index contributed by atoms with van der Waals surface area (Å²) in [4.78, 5) is 12.5. The second-order valence-corrected chi connectivity index (χ2v) is 7.89. The average molecular weight is 479 g/mol. The molecule has 174 valence electrons. The van der Waals surface area contributed by atoms with Crippen LogP contribution in [0.25, 0.3) is 11.3 Å². The lowest BCUT2D eigenvalue weighted by molar-refractivity contribution is 0.0942. The molecule has 0 bridgehead atoms. The lowest BCUT2D eigenvalue weighted by Gasteiger charge is -2.08. The maximum absolute atomic E-state index is 12.5. The largest absolute Gasteiger partial charge is 0.493 e. The molecule has 0 aliphatic heterocycles. The van der Waals surface area contributed by atoms with E-state index in [9.17, 15) is 4.79 Å². The van der Waals surface area contributed by atoms with Crippen molar-refractivity contribution in [3.63, 3.8) is 0 Å². The summed E-state index contributed by atoms with van der Waals surface area (Å²) in [6.45, 7) is 2.25. The Hall–Kier alpha value is -3.97. The summed E-state index contributed by atoms with van der Waals surface area (Å²) in [6.07, 6.45) is 0. The summed E-state index contributed by atoms with van der Waals surface area (Å²) < 4.78 is 21.8. The number of hydrogen-bond donors (Lipinski definition) is 1. The minimum Gasteiger partial charge on any atom is -0.493 e. The van der Waals surface area contributed by atoms with Gasteiger partial charge in [-0.1, -0.05) is 28.9 Å². The Morgan fingerprint density at radius 3 is 2.38 bits per heavy atom. The summed E-state index contributed by atoms with van der Waals surface area (Å²) >= 11 is 6.05. The van der Waals surface area contributed by atoms with Gasteiger partial charge in [-0.25, -0.2) is 0 Å². The molecule has 4 rings (SSSR count). The number of hydrogen-bond acceptors (Lipinski definition) is 6. The molecule has 1 N–H and O–H groups in total. The molecule has 8 heteroatoms. The number of aromatic nitrogens is 1. The number of benzene rings is 3. The number of amides is 1. The Bertz CT molecular complexity index is 1300. The summed E-state index contributed by atoms with van der Waals surface area (Å²) in [5.74, 6) is 2.66. The SMILES string of the molecule is COc1ccc(-c2cc(C(=O)NCc3ccc(Oc4ccc(Cl)c(C)c4)cc3)no2)cc1OC. The van der Waals surface area contributed by atoms with E-state index in [-0.39, 0.29) is 11.6 Å². The highest BCUT2D eigenvalue weighted by molar-refractivity contribution is 6.31. The molecule has 1 amide bonds. The fourth-order valence-electron chi connectivity index (χ4n) is 3.27. The fourth-order valence-corrected chi connectivity index (χ4v) is 3.39. The highest BCUT2D eigenvalue weighted by Gasteiger charge is 2.15. The molecule has 0 atom stereocenters. The van der Waals surface area contributed by atoms with Gasteiger partial charge in [0.05, 0.1) is 14.2 Å². The van der Waals surface area contributed by atoms with Gasteiger partial charge in [-0.2, -0.15) is 0 Å². The van der Waals surface area contributed by atoms with Crippen molar-refractivity contribution in [3.05, 3.63) is 88.6 Å². The van der Waals surface area contributed by atoms with Gasteiger partial charge in [-0.3, -0.25) is 4.79 Å². The second kappa shape index (κ2) is 10.3. The van der Waals surface area contributed by atoms with Crippen LogP contribution in [0.1, 0.15) is 21.6 Å². The summed E-state index contributed by atoms with van der Waals surface area (Å²) in [5, 5.41) is 7.43. The van der Waals surface area contributed by atoms with Crippen molar-refractivity contribution in [1.29, 1.82) is 0 Å². The first-order chi connectivity index (χ1) is 16.5. The normalized spacial score (nSPS) is 10.6. The van der Waals surface area contributed by atoms with E-state index in [1.165, 1.54) is 0 Å². The molecule has 34 heavy (non-hydrogen) atoms. The third-order valence-corrected chi connectivity index (χ3v) is 5.58. The first-order valence-corrected chi connectivity index (χ1v) is 10.8. The van der Waals surface area contributed by atoms with Gasteiger partial charge in [0.15, 0.2) is 23.0 Å². The van der Waals surface area contributed by atoms with Crippen molar-refractivity contribution in [3.8, 4) is 34.3 Å². The summed E-state index contributed by atoms with van der Waals surface area (Å²) in [7, 11) is 3.12. The van der Waals surface area contributed by atoms with Crippen LogP contribution in [-0.2, 0) is 6.54 Å².